The van der Waals surface area contributed by atoms with E-state index in [2.05, 4.69) is 5.43 Å². The molecule has 0 spiro atoms. The normalized spacial score (nSPS) is 20.2. The van der Waals surface area contributed by atoms with Crippen molar-refractivity contribution in [3.05, 3.63) is 35.6 Å². The number of carbonyl (C=O) groups is 1. The molecule has 1 fully saturated rings. The summed E-state index contributed by atoms with van der Waals surface area (Å²) in [6.45, 7) is 1.31. The fraction of sp³-hybridized carbons (Fsp3) is 0.500. The molecule has 4 nitrogen and oxygen atoms in total. The lowest BCUT2D eigenvalue weighted by Crippen LogP contribution is -2.52. The topological polar surface area (TPSA) is 41.6 Å². The predicted molar refractivity (Wildman–Crippen MR) is 69.6 cm³/mol. The van der Waals surface area contributed by atoms with Crippen molar-refractivity contribution in [1.82, 2.24) is 10.4 Å². The van der Waals surface area contributed by atoms with Crippen molar-refractivity contribution in [3.8, 4) is 0 Å². The molecule has 1 aromatic carbocycles. The van der Waals surface area contributed by atoms with Crippen molar-refractivity contribution in [1.29, 1.82) is 0 Å². The number of nitrogens with zero attached hydrogens (tertiary/aromatic N) is 1. The molecule has 0 saturated carbocycles. The van der Waals surface area contributed by atoms with E-state index < -0.39 is 0 Å². The molecular weight excluding hydrogens is 247 g/mol. The maximum Gasteiger partial charge on any atom is 0.324 e. The molecule has 0 radical (unpaired) electrons. The van der Waals surface area contributed by atoms with E-state index in [9.17, 15) is 9.18 Å². The summed E-state index contributed by atoms with van der Waals surface area (Å²) in [5.74, 6) is -0.464. The molecule has 0 bridgehead atoms. The maximum absolute atomic E-state index is 13.1. The Kier molecular flexibility index (Phi) is 4.87. The summed E-state index contributed by atoms with van der Waals surface area (Å²) >= 11 is 0. The SMILES string of the molecule is COC(=O)[C@H]1CCCCN1NCc1cccc(F)c1. The molecule has 1 atom stereocenters. The van der Waals surface area contributed by atoms with Crippen LogP contribution < -0.4 is 5.43 Å². The highest BCUT2D eigenvalue weighted by Crippen LogP contribution is 2.16. The van der Waals surface area contributed by atoms with E-state index >= 15 is 0 Å². The number of esters is 1. The largest absolute Gasteiger partial charge is 0.468 e. The number of rotatable bonds is 4. The van der Waals surface area contributed by atoms with E-state index in [4.69, 9.17) is 4.74 Å². The fourth-order valence-electron chi connectivity index (χ4n) is 2.34. The zero-order valence-corrected chi connectivity index (χ0v) is 11.1. The fourth-order valence-corrected chi connectivity index (χ4v) is 2.34. The number of ether oxygens (including phenoxy) is 1. The molecule has 5 heteroatoms. The number of nitrogens with one attached hydrogen (secondary N) is 1. The summed E-state index contributed by atoms with van der Waals surface area (Å²) in [7, 11) is 1.40. The Morgan fingerprint density at radius 2 is 2.37 bits per heavy atom. The monoisotopic (exact) mass is 266 g/mol. The van der Waals surface area contributed by atoms with Gasteiger partial charge < -0.3 is 4.74 Å². The van der Waals surface area contributed by atoms with Gasteiger partial charge in [-0.1, -0.05) is 12.1 Å². The van der Waals surface area contributed by atoms with Gasteiger partial charge >= 0.3 is 5.97 Å². The number of carbonyl (C=O) groups excluding carboxylic acids is 1. The van der Waals surface area contributed by atoms with Crippen LogP contribution in [0.1, 0.15) is 24.8 Å². The van der Waals surface area contributed by atoms with Gasteiger partial charge in [0, 0.05) is 13.1 Å². The van der Waals surface area contributed by atoms with Crippen molar-refractivity contribution in [3.63, 3.8) is 0 Å². The summed E-state index contributed by atoms with van der Waals surface area (Å²) < 4.78 is 17.9. The van der Waals surface area contributed by atoms with Crippen LogP contribution in [0.25, 0.3) is 0 Å². The predicted octanol–water partition coefficient (Wildman–Crippen LogP) is 1.86. The van der Waals surface area contributed by atoms with Crippen molar-refractivity contribution >= 4 is 5.97 Å². The van der Waals surface area contributed by atoms with Crippen LogP contribution in [-0.4, -0.2) is 30.7 Å². The van der Waals surface area contributed by atoms with Gasteiger partial charge in [0.15, 0.2) is 0 Å². The van der Waals surface area contributed by atoms with Gasteiger partial charge in [0.2, 0.25) is 0 Å². The number of benzene rings is 1. The average Bonchev–Trinajstić information content (AvgIpc) is 2.45. The van der Waals surface area contributed by atoms with E-state index in [0.29, 0.717) is 6.54 Å². The van der Waals surface area contributed by atoms with Gasteiger partial charge in [-0.25, -0.2) is 14.8 Å². The molecule has 1 saturated heterocycles. The van der Waals surface area contributed by atoms with Crippen LogP contribution in [0.15, 0.2) is 24.3 Å². The first-order valence-electron chi connectivity index (χ1n) is 6.53. The Bertz CT molecular complexity index is 439. The second-order valence-corrected chi connectivity index (χ2v) is 4.69. The van der Waals surface area contributed by atoms with E-state index in [0.717, 1.165) is 31.4 Å². The number of hydrogen-bond donors (Lipinski definition) is 1. The molecule has 0 amide bonds. The van der Waals surface area contributed by atoms with Crippen LogP contribution in [0.5, 0.6) is 0 Å². The second kappa shape index (κ2) is 6.63. The Balaban J connectivity index is 1.94. The molecule has 1 heterocycles. The molecule has 1 aliphatic rings. The van der Waals surface area contributed by atoms with E-state index in [1.54, 1.807) is 6.07 Å². The van der Waals surface area contributed by atoms with Crippen LogP contribution in [-0.2, 0) is 16.1 Å². The van der Waals surface area contributed by atoms with Gasteiger partial charge in [0.05, 0.1) is 7.11 Å². The third-order valence-corrected chi connectivity index (χ3v) is 3.35. The van der Waals surface area contributed by atoms with Gasteiger partial charge in [0.1, 0.15) is 11.9 Å². The highest BCUT2D eigenvalue weighted by atomic mass is 19.1. The van der Waals surface area contributed by atoms with Gasteiger partial charge in [-0.15, -0.1) is 0 Å². The number of methoxy groups -OCH3 is 1. The van der Waals surface area contributed by atoms with Gasteiger partial charge in [-0.05, 0) is 37.0 Å². The lowest BCUT2D eigenvalue weighted by molar-refractivity contribution is -0.150. The zero-order valence-electron chi connectivity index (χ0n) is 11.1. The Morgan fingerprint density at radius 3 is 3.11 bits per heavy atom. The maximum atomic E-state index is 13.1. The summed E-state index contributed by atoms with van der Waals surface area (Å²) in [4.78, 5) is 11.7. The number of piperidine rings is 1. The van der Waals surface area contributed by atoms with E-state index in [1.165, 1.54) is 19.2 Å². The Morgan fingerprint density at radius 1 is 1.53 bits per heavy atom. The minimum Gasteiger partial charge on any atom is -0.468 e. The first-order chi connectivity index (χ1) is 9.20. The molecule has 19 heavy (non-hydrogen) atoms. The zero-order chi connectivity index (χ0) is 13.7. The molecule has 2 rings (SSSR count). The molecule has 104 valence electrons. The number of hydrazine groups is 1. The van der Waals surface area contributed by atoms with Crippen LogP contribution >= 0.6 is 0 Å². The lowest BCUT2D eigenvalue weighted by Gasteiger charge is -2.33. The van der Waals surface area contributed by atoms with Gasteiger partial charge in [0.25, 0.3) is 0 Å². The second-order valence-electron chi connectivity index (χ2n) is 4.69. The Hall–Kier alpha value is -1.46. The smallest absolute Gasteiger partial charge is 0.324 e. The minimum absolute atomic E-state index is 0.216. The van der Waals surface area contributed by atoms with Crippen LogP contribution in [0.4, 0.5) is 4.39 Å². The molecule has 0 aliphatic carbocycles. The van der Waals surface area contributed by atoms with Crippen LogP contribution in [0.3, 0.4) is 0 Å². The van der Waals surface area contributed by atoms with Crippen molar-refractivity contribution in [2.45, 2.75) is 31.8 Å². The summed E-state index contributed by atoms with van der Waals surface area (Å²) in [6.07, 6.45) is 2.87. The molecule has 1 N–H and O–H groups in total. The minimum atomic E-state index is -0.248. The van der Waals surface area contributed by atoms with Crippen LogP contribution in [0.2, 0.25) is 0 Å². The first kappa shape index (κ1) is 14.0. The van der Waals surface area contributed by atoms with Crippen molar-refractivity contribution in [2.24, 2.45) is 0 Å². The summed E-state index contributed by atoms with van der Waals surface area (Å²) in [6, 6.07) is 6.20. The van der Waals surface area contributed by atoms with E-state index in [-0.39, 0.29) is 17.8 Å². The molecule has 1 aliphatic heterocycles. The molecule has 1 aromatic rings. The van der Waals surface area contributed by atoms with E-state index in [1.807, 2.05) is 11.1 Å². The number of halogens is 1. The highest BCUT2D eigenvalue weighted by molar-refractivity contribution is 5.75. The van der Waals surface area contributed by atoms with Crippen molar-refractivity contribution in [2.75, 3.05) is 13.7 Å². The average molecular weight is 266 g/mol. The highest BCUT2D eigenvalue weighted by Gasteiger charge is 2.29. The standard InChI is InChI=1S/C14H19FN2O2/c1-19-14(18)13-7-2-3-8-17(13)16-10-11-5-4-6-12(15)9-11/h4-6,9,13,16H,2-3,7-8,10H2,1H3/t13-/m1/s1. The van der Waals surface area contributed by atoms with Gasteiger partial charge in [-0.3, -0.25) is 4.79 Å². The first-order valence-corrected chi connectivity index (χ1v) is 6.53. The van der Waals surface area contributed by atoms with Crippen molar-refractivity contribution < 1.29 is 13.9 Å². The third kappa shape index (κ3) is 3.75. The third-order valence-electron chi connectivity index (χ3n) is 3.35. The number of hydrogen-bond acceptors (Lipinski definition) is 4. The lowest BCUT2D eigenvalue weighted by atomic mass is 10.0. The summed E-state index contributed by atoms with van der Waals surface area (Å²) in [5.41, 5.74) is 4.05. The quantitative estimate of drug-likeness (QED) is 0.845. The van der Waals surface area contributed by atoms with Crippen LogP contribution in [0, 0.1) is 5.82 Å². The molecule has 0 aromatic heterocycles. The molecular formula is C14H19FN2O2. The Labute approximate surface area is 112 Å². The molecule has 0 unspecified atom stereocenters. The van der Waals surface area contributed by atoms with Gasteiger partial charge in [-0.2, -0.15) is 0 Å². The summed E-state index contributed by atoms with van der Waals surface area (Å²) in [5, 5.41) is 1.90.